The fourth-order valence-corrected chi connectivity index (χ4v) is 5.44. The first-order chi connectivity index (χ1) is 16.7. The van der Waals surface area contributed by atoms with Crippen molar-refractivity contribution in [1.82, 2.24) is 25.1 Å². The first-order valence-electron chi connectivity index (χ1n) is 11.4. The number of benzene rings is 1. The number of halogens is 1. The zero-order valence-electron chi connectivity index (χ0n) is 18.9. The molecule has 1 fully saturated rings. The number of aromatic nitrogens is 5. The number of pyridine rings is 3. The number of hydrogen-bond acceptors (Lipinski definition) is 8. The van der Waals surface area contributed by atoms with E-state index in [0.717, 1.165) is 49.2 Å². The molecule has 1 aromatic carbocycles. The van der Waals surface area contributed by atoms with Crippen molar-refractivity contribution in [2.75, 3.05) is 11.1 Å². The second kappa shape index (κ2) is 9.93. The third-order valence-corrected chi connectivity index (χ3v) is 7.31. The van der Waals surface area contributed by atoms with Gasteiger partial charge in [-0.2, -0.15) is 0 Å². The van der Waals surface area contributed by atoms with Gasteiger partial charge in [-0.05, 0) is 37.1 Å². The van der Waals surface area contributed by atoms with E-state index in [-0.39, 0.29) is 12.4 Å². The van der Waals surface area contributed by atoms with E-state index in [1.54, 1.807) is 17.5 Å². The summed E-state index contributed by atoms with van der Waals surface area (Å²) in [4.78, 5) is 13.8. The monoisotopic (exact) mass is 501 g/mol. The molecule has 7 nitrogen and oxygen atoms in total. The van der Waals surface area contributed by atoms with Gasteiger partial charge in [0.2, 0.25) is 0 Å². The van der Waals surface area contributed by atoms with Crippen LogP contribution in [0.5, 0.6) is 0 Å². The third kappa shape index (κ3) is 4.80. The molecule has 0 saturated heterocycles. The van der Waals surface area contributed by atoms with Gasteiger partial charge in [-0.1, -0.05) is 54.5 Å². The second-order valence-corrected chi connectivity index (χ2v) is 9.54. The van der Waals surface area contributed by atoms with Gasteiger partial charge in [0.05, 0.1) is 46.1 Å². The maximum absolute atomic E-state index is 6.33. The molecule has 1 saturated carbocycles. The Labute approximate surface area is 213 Å². The zero-order valence-corrected chi connectivity index (χ0v) is 20.5. The topological polar surface area (TPSA) is 102 Å². The highest BCUT2D eigenvalue weighted by Crippen LogP contribution is 2.38. The first-order valence-corrected chi connectivity index (χ1v) is 12.2. The van der Waals surface area contributed by atoms with Gasteiger partial charge in [-0.15, -0.1) is 22.6 Å². The molecule has 0 unspecified atom stereocenters. The molecule has 35 heavy (non-hydrogen) atoms. The van der Waals surface area contributed by atoms with E-state index in [4.69, 9.17) is 5.73 Å². The van der Waals surface area contributed by atoms with E-state index in [1.807, 2.05) is 60.8 Å². The number of hydrogen-bond donors (Lipinski definition) is 2. The Morgan fingerprint density at radius 3 is 2.43 bits per heavy atom. The Balaban J connectivity index is 0.00000253. The van der Waals surface area contributed by atoms with Crippen molar-refractivity contribution in [2.45, 2.75) is 31.6 Å². The van der Waals surface area contributed by atoms with Crippen molar-refractivity contribution in [3.8, 4) is 21.8 Å². The Morgan fingerprint density at radius 1 is 0.857 bits per heavy atom. The van der Waals surface area contributed by atoms with Gasteiger partial charge in [-0.3, -0.25) is 9.97 Å². The average Bonchev–Trinajstić information content (AvgIpc) is 3.57. The molecule has 5 aromatic rings. The molecule has 0 atom stereocenters. The van der Waals surface area contributed by atoms with Crippen LogP contribution in [0, 0.1) is 0 Å². The van der Waals surface area contributed by atoms with Crippen molar-refractivity contribution < 1.29 is 0 Å². The predicted octanol–water partition coefficient (Wildman–Crippen LogP) is 6.62. The Hall–Kier alpha value is -3.62. The number of nitrogens with two attached hydrogens (primary N) is 1. The van der Waals surface area contributed by atoms with E-state index in [0.29, 0.717) is 11.7 Å². The van der Waals surface area contributed by atoms with Crippen LogP contribution in [0.25, 0.3) is 32.9 Å². The molecule has 0 bridgehead atoms. The lowest BCUT2D eigenvalue weighted by Gasteiger charge is -2.09. The Bertz CT molecular complexity index is 1450. The van der Waals surface area contributed by atoms with Crippen LogP contribution in [-0.2, 0) is 0 Å². The number of nitrogens with zero attached hydrogens (tertiary/aromatic N) is 5. The highest BCUT2D eigenvalue weighted by Gasteiger charge is 2.22. The summed E-state index contributed by atoms with van der Waals surface area (Å²) in [5.74, 6) is 0.971. The summed E-state index contributed by atoms with van der Waals surface area (Å²) in [6.45, 7) is 0. The van der Waals surface area contributed by atoms with Crippen LogP contribution < -0.4 is 11.1 Å². The molecular formula is C26H24ClN7S. The number of nitrogen functional groups attached to an aromatic ring is 1. The maximum Gasteiger partial charge on any atom is 0.151 e. The minimum absolute atomic E-state index is 0. The summed E-state index contributed by atoms with van der Waals surface area (Å²) in [5, 5.41) is 14.1. The molecule has 4 aromatic heterocycles. The summed E-state index contributed by atoms with van der Waals surface area (Å²) < 4.78 is 0. The van der Waals surface area contributed by atoms with Crippen molar-refractivity contribution in [2.24, 2.45) is 0 Å². The molecule has 0 amide bonds. The Morgan fingerprint density at radius 2 is 1.66 bits per heavy atom. The number of nitrogens with one attached hydrogen (secondary N) is 1. The lowest BCUT2D eigenvalue weighted by Crippen LogP contribution is -1.98. The smallest absolute Gasteiger partial charge is 0.151 e. The first kappa shape index (κ1) is 23.1. The quantitative estimate of drug-likeness (QED) is 0.279. The van der Waals surface area contributed by atoms with E-state index in [9.17, 15) is 0 Å². The predicted molar refractivity (Wildman–Crippen MR) is 144 cm³/mol. The SMILES string of the molecule is Cl.Nc1nc2cc(Nc3ccc(-c4ccccc4)nc3)cnc2cc1-c1nnc(C2CCCC2)s1. The van der Waals surface area contributed by atoms with Crippen LogP contribution in [0.4, 0.5) is 17.2 Å². The molecule has 0 spiro atoms. The van der Waals surface area contributed by atoms with Gasteiger partial charge in [0.25, 0.3) is 0 Å². The molecule has 1 aliphatic carbocycles. The zero-order chi connectivity index (χ0) is 22.9. The molecule has 3 N–H and O–H groups in total. The Kier molecular flexibility index (Phi) is 6.57. The van der Waals surface area contributed by atoms with Crippen molar-refractivity contribution in [3.05, 3.63) is 72.0 Å². The van der Waals surface area contributed by atoms with Gasteiger partial charge in [0, 0.05) is 11.5 Å². The van der Waals surface area contributed by atoms with Gasteiger partial charge in [0.15, 0.2) is 5.01 Å². The molecule has 0 aliphatic heterocycles. The molecule has 1 aliphatic rings. The fraction of sp³-hybridized carbons (Fsp3) is 0.192. The lowest BCUT2D eigenvalue weighted by atomic mass is 10.1. The van der Waals surface area contributed by atoms with Crippen molar-refractivity contribution >= 4 is 52.0 Å². The van der Waals surface area contributed by atoms with Crippen LogP contribution >= 0.6 is 23.7 Å². The molecule has 9 heteroatoms. The summed E-state index contributed by atoms with van der Waals surface area (Å²) >= 11 is 1.62. The fourth-order valence-electron chi connectivity index (χ4n) is 4.40. The summed E-state index contributed by atoms with van der Waals surface area (Å²) in [6.07, 6.45) is 8.54. The molecule has 176 valence electrons. The molecule has 0 radical (unpaired) electrons. The van der Waals surface area contributed by atoms with Gasteiger partial charge in [0.1, 0.15) is 10.8 Å². The van der Waals surface area contributed by atoms with Crippen LogP contribution in [-0.4, -0.2) is 25.1 Å². The van der Waals surface area contributed by atoms with Crippen molar-refractivity contribution in [3.63, 3.8) is 0 Å². The maximum atomic E-state index is 6.33. The van der Waals surface area contributed by atoms with Gasteiger partial charge < -0.3 is 11.1 Å². The second-order valence-electron chi connectivity index (χ2n) is 8.53. The molecule has 4 heterocycles. The number of fused-ring (bicyclic) bond motifs is 1. The number of rotatable bonds is 5. The van der Waals surface area contributed by atoms with Gasteiger partial charge in [-0.25, -0.2) is 4.98 Å². The van der Waals surface area contributed by atoms with Crippen LogP contribution in [0.1, 0.15) is 36.6 Å². The summed E-state index contributed by atoms with van der Waals surface area (Å²) in [6, 6.07) is 18.0. The van der Waals surface area contributed by atoms with E-state index < -0.39 is 0 Å². The third-order valence-electron chi connectivity index (χ3n) is 6.19. The minimum atomic E-state index is 0. The van der Waals surface area contributed by atoms with Crippen LogP contribution in [0.3, 0.4) is 0 Å². The van der Waals surface area contributed by atoms with E-state index in [2.05, 4.69) is 30.5 Å². The highest BCUT2D eigenvalue weighted by molar-refractivity contribution is 7.14. The molecular weight excluding hydrogens is 478 g/mol. The summed E-state index contributed by atoms with van der Waals surface area (Å²) in [5.41, 5.74) is 12.3. The van der Waals surface area contributed by atoms with Crippen molar-refractivity contribution in [1.29, 1.82) is 0 Å². The lowest BCUT2D eigenvalue weighted by molar-refractivity contribution is 0.705. The summed E-state index contributed by atoms with van der Waals surface area (Å²) in [7, 11) is 0. The normalized spacial score (nSPS) is 13.6. The van der Waals surface area contributed by atoms with Crippen LogP contribution in [0.15, 0.2) is 67.0 Å². The number of anilines is 3. The minimum Gasteiger partial charge on any atom is -0.383 e. The van der Waals surface area contributed by atoms with E-state index in [1.165, 1.54) is 25.7 Å². The van der Waals surface area contributed by atoms with E-state index >= 15 is 0 Å². The molecule has 6 rings (SSSR count). The van der Waals surface area contributed by atoms with Crippen LogP contribution in [0.2, 0.25) is 0 Å². The largest absolute Gasteiger partial charge is 0.383 e. The standard InChI is InChI=1S/C26H23N7S.ClH/c27-24-20(26-33-32-25(34-26)17-8-4-5-9-17)13-22-23(31-24)12-19(15-29-22)30-18-10-11-21(28-14-18)16-6-2-1-3-7-16;/h1-3,6-7,10-15,17,30H,4-5,8-9H2,(H2,27,31);1H. The average molecular weight is 502 g/mol. The van der Waals surface area contributed by atoms with Gasteiger partial charge >= 0.3 is 0 Å². The highest BCUT2D eigenvalue weighted by atomic mass is 35.5.